The molecule has 4 heteroatoms. The molecule has 0 aliphatic rings. The van der Waals surface area contributed by atoms with Gasteiger partial charge >= 0.3 is 5.69 Å². The summed E-state index contributed by atoms with van der Waals surface area (Å²) in [6.45, 7) is 2.06. The molecule has 0 aliphatic heterocycles. The zero-order chi connectivity index (χ0) is 10.8. The molecule has 0 aliphatic carbocycles. The van der Waals surface area contributed by atoms with E-state index in [0.29, 0.717) is 10.5 Å². The van der Waals surface area contributed by atoms with Crippen molar-refractivity contribution in [3.05, 3.63) is 39.4 Å². The van der Waals surface area contributed by atoms with Gasteiger partial charge in [-0.25, -0.2) is 4.79 Å². The molecule has 2 aromatic rings. The van der Waals surface area contributed by atoms with Crippen molar-refractivity contribution in [2.45, 2.75) is 19.8 Å². The fourth-order valence-corrected chi connectivity index (χ4v) is 1.86. The Morgan fingerprint density at radius 3 is 3.00 bits per heavy atom. The van der Waals surface area contributed by atoms with Crippen molar-refractivity contribution in [1.29, 1.82) is 0 Å². The number of nitrogens with one attached hydrogen (secondary N) is 1. The van der Waals surface area contributed by atoms with E-state index in [-0.39, 0.29) is 5.69 Å². The second-order valence-corrected chi connectivity index (χ2v) is 3.81. The van der Waals surface area contributed by atoms with Crippen molar-refractivity contribution in [2.75, 3.05) is 0 Å². The summed E-state index contributed by atoms with van der Waals surface area (Å²) in [7, 11) is 0. The van der Waals surface area contributed by atoms with Crippen molar-refractivity contribution in [2.24, 2.45) is 0 Å². The maximum atomic E-state index is 11.3. The molecule has 0 saturated carbocycles. The molecule has 0 radical (unpaired) electrons. The Balaban J connectivity index is 2.80. The van der Waals surface area contributed by atoms with Crippen molar-refractivity contribution in [3.63, 3.8) is 0 Å². The molecule has 1 aromatic heterocycles. The lowest BCUT2D eigenvalue weighted by Crippen LogP contribution is -2.13. The highest BCUT2D eigenvalue weighted by Gasteiger charge is 2.06. The number of aromatic amines is 1. The zero-order valence-corrected chi connectivity index (χ0v) is 9.14. The molecule has 0 fully saturated rings. The molecule has 0 atom stereocenters. The van der Waals surface area contributed by atoms with Gasteiger partial charge in [-0.3, -0.25) is 0 Å². The lowest BCUT2D eigenvalue weighted by Gasteiger charge is -2.04. The predicted octanol–water partition coefficient (Wildman–Crippen LogP) is 2.53. The summed E-state index contributed by atoms with van der Waals surface area (Å²) >= 11 is 5.99. The number of para-hydroxylation sites is 1. The second-order valence-electron chi connectivity index (χ2n) is 3.41. The number of H-pyrrole nitrogens is 1. The molecular formula is C11H11ClN2O. The van der Waals surface area contributed by atoms with Crippen LogP contribution in [0, 0.1) is 0 Å². The van der Waals surface area contributed by atoms with E-state index < -0.39 is 0 Å². The van der Waals surface area contributed by atoms with Crippen LogP contribution in [-0.2, 0) is 6.42 Å². The van der Waals surface area contributed by atoms with E-state index in [1.807, 2.05) is 12.1 Å². The Morgan fingerprint density at radius 2 is 2.27 bits per heavy atom. The molecule has 0 unspecified atom stereocenters. The van der Waals surface area contributed by atoms with Gasteiger partial charge in [0.15, 0.2) is 0 Å². The van der Waals surface area contributed by atoms with E-state index in [2.05, 4.69) is 16.9 Å². The van der Waals surface area contributed by atoms with Gasteiger partial charge in [0.2, 0.25) is 0 Å². The Kier molecular flexibility index (Phi) is 2.73. The first-order valence-electron chi connectivity index (χ1n) is 4.89. The van der Waals surface area contributed by atoms with Crippen molar-refractivity contribution in [1.82, 2.24) is 9.97 Å². The highest BCUT2D eigenvalue weighted by Crippen LogP contribution is 2.22. The molecule has 0 bridgehead atoms. The van der Waals surface area contributed by atoms with Crippen molar-refractivity contribution < 1.29 is 0 Å². The lowest BCUT2D eigenvalue weighted by molar-refractivity contribution is 0.874. The minimum atomic E-state index is -0.334. The number of aryl methyl sites for hydroxylation is 1. The molecule has 2 rings (SSSR count). The third-order valence-electron chi connectivity index (χ3n) is 2.28. The van der Waals surface area contributed by atoms with Gasteiger partial charge in [-0.05, 0) is 12.5 Å². The van der Waals surface area contributed by atoms with Crippen LogP contribution in [0.4, 0.5) is 0 Å². The Labute approximate surface area is 92.1 Å². The van der Waals surface area contributed by atoms with E-state index in [9.17, 15) is 4.79 Å². The largest absolute Gasteiger partial charge is 0.345 e. The van der Waals surface area contributed by atoms with Crippen LogP contribution in [0.3, 0.4) is 0 Å². The number of benzene rings is 1. The maximum absolute atomic E-state index is 11.3. The average Bonchev–Trinajstić information content (AvgIpc) is 2.20. The number of nitrogens with zero attached hydrogens (tertiary/aromatic N) is 1. The van der Waals surface area contributed by atoms with Crippen LogP contribution in [0.1, 0.15) is 19.0 Å². The first-order chi connectivity index (χ1) is 7.22. The molecule has 0 amide bonds. The van der Waals surface area contributed by atoms with Crippen LogP contribution in [-0.4, -0.2) is 9.97 Å². The number of rotatable bonds is 2. The Morgan fingerprint density at radius 1 is 1.47 bits per heavy atom. The summed E-state index contributed by atoms with van der Waals surface area (Å²) in [5.41, 5.74) is 1.17. The Bertz CT molecular complexity index is 548. The second kappa shape index (κ2) is 4.03. The van der Waals surface area contributed by atoms with Crippen LogP contribution < -0.4 is 5.69 Å². The van der Waals surface area contributed by atoms with Crippen molar-refractivity contribution in [3.8, 4) is 0 Å². The van der Waals surface area contributed by atoms with Gasteiger partial charge in [0.05, 0.1) is 10.5 Å². The number of hydrogen-bond donors (Lipinski definition) is 1. The monoisotopic (exact) mass is 222 g/mol. The van der Waals surface area contributed by atoms with Crippen molar-refractivity contribution >= 4 is 22.5 Å². The molecule has 1 N–H and O–H groups in total. The van der Waals surface area contributed by atoms with Gasteiger partial charge in [-0.2, -0.15) is 4.98 Å². The first-order valence-corrected chi connectivity index (χ1v) is 5.27. The fraction of sp³-hybridized carbons (Fsp3) is 0.273. The first kappa shape index (κ1) is 10.2. The molecule has 1 aromatic carbocycles. The molecular weight excluding hydrogens is 212 g/mol. The highest BCUT2D eigenvalue weighted by atomic mass is 35.5. The fourth-order valence-electron chi connectivity index (χ4n) is 1.65. The maximum Gasteiger partial charge on any atom is 0.345 e. The van der Waals surface area contributed by atoms with E-state index in [4.69, 9.17) is 11.6 Å². The molecule has 78 valence electrons. The molecule has 0 spiro atoms. The molecule has 1 heterocycles. The normalized spacial score (nSPS) is 10.8. The third-order valence-corrected chi connectivity index (χ3v) is 2.59. The van der Waals surface area contributed by atoms with Gasteiger partial charge in [0, 0.05) is 11.1 Å². The quantitative estimate of drug-likeness (QED) is 0.849. The van der Waals surface area contributed by atoms with E-state index >= 15 is 0 Å². The lowest BCUT2D eigenvalue weighted by atomic mass is 10.1. The van der Waals surface area contributed by atoms with Gasteiger partial charge in [-0.1, -0.05) is 37.1 Å². The summed E-state index contributed by atoms with van der Waals surface area (Å²) in [6.07, 6.45) is 1.80. The van der Waals surface area contributed by atoms with E-state index in [0.717, 1.165) is 23.9 Å². The highest BCUT2D eigenvalue weighted by molar-refractivity contribution is 6.35. The SMILES string of the molecule is CCCc1[nH]c(=O)nc2c(Cl)cccc12. The van der Waals surface area contributed by atoms with Crippen LogP contribution in [0.15, 0.2) is 23.0 Å². The summed E-state index contributed by atoms with van der Waals surface area (Å²) in [5, 5.41) is 1.46. The number of aromatic nitrogens is 2. The van der Waals surface area contributed by atoms with Crippen LogP contribution >= 0.6 is 11.6 Å². The summed E-state index contributed by atoms with van der Waals surface area (Å²) in [4.78, 5) is 17.9. The van der Waals surface area contributed by atoms with Crippen LogP contribution in [0.25, 0.3) is 10.9 Å². The van der Waals surface area contributed by atoms with Gasteiger partial charge in [0.1, 0.15) is 0 Å². The van der Waals surface area contributed by atoms with E-state index in [1.54, 1.807) is 6.07 Å². The third kappa shape index (κ3) is 1.88. The standard InChI is InChI=1S/C11H11ClN2O/c1-2-4-9-7-5-3-6-8(12)10(7)14-11(15)13-9/h3,5-6H,2,4H2,1H3,(H,13,14,15). The summed E-state index contributed by atoms with van der Waals surface area (Å²) < 4.78 is 0. The minimum Gasteiger partial charge on any atom is -0.309 e. The van der Waals surface area contributed by atoms with Gasteiger partial charge in [-0.15, -0.1) is 0 Å². The van der Waals surface area contributed by atoms with Crippen LogP contribution in [0.2, 0.25) is 5.02 Å². The van der Waals surface area contributed by atoms with E-state index in [1.165, 1.54) is 0 Å². The van der Waals surface area contributed by atoms with Crippen LogP contribution in [0.5, 0.6) is 0 Å². The van der Waals surface area contributed by atoms with Gasteiger partial charge < -0.3 is 4.98 Å². The number of halogens is 1. The summed E-state index contributed by atoms with van der Waals surface area (Å²) in [6, 6.07) is 5.53. The molecule has 0 saturated heterocycles. The zero-order valence-electron chi connectivity index (χ0n) is 8.38. The summed E-state index contributed by atoms with van der Waals surface area (Å²) in [5.74, 6) is 0. The smallest absolute Gasteiger partial charge is 0.309 e. The molecule has 3 nitrogen and oxygen atoms in total. The number of hydrogen-bond acceptors (Lipinski definition) is 2. The molecule has 15 heavy (non-hydrogen) atoms. The topological polar surface area (TPSA) is 45.8 Å². The Hall–Kier alpha value is -1.35. The average molecular weight is 223 g/mol. The van der Waals surface area contributed by atoms with Gasteiger partial charge in [0.25, 0.3) is 0 Å². The number of fused-ring (bicyclic) bond motifs is 1. The minimum absolute atomic E-state index is 0.334. The predicted molar refractivity (Wildman–Crippen MR) is 61.4 cm³/mol.